The van der Waals surface area contributed by atoms with Crippen LogP contribution in [0.2, 0.25) is 0 Å². The van der Waals surface area contributed by atoms with Crippen LogP contribution in [0.4, 0.5) is 10.5 Å². The number of ether oxygens (including phenoxy) is 1. The Hall–Kier alpha value is -2.44. The van der Waals surface area contributed by atoms with Crippen LogP contribution >= 0.6 is 0 Å². The summed E-state index contributed by atoms with van der Waals surface area (Å²) in [4.78, 5) is 16.2. The van der Waals surface area contributed by atoms with Crippen LogP contribution in [0.3, 0.4) is 0 Å². The molecular weight excluding hydrogens is 306 g/mol. The number of carbonyl (C=O) groups is 1. The van der Waals surface area contributed by atoms with Gasteiger partial charge >= 0.3 is 6.03 Å². The second kappa shape index (κ2) is 7.42. The minimum absolute atomic E-state index is 0.208. The Kier molecular flexibility index (Phi) is 5.08. The molecular formula is C18H21N3O3. The molecule has 126 valence electrons. The van der Waals surface area contributed by atoms with Gasteiger partial charge in [0.05, 0.1) is 11.3 Å². The van der Waals surface area contributed by atoms with Crippen LogP contribution in [-0.4, -0.2) is 41.5 Å². The number of nitrogens with zero attached hydrogens (tertiary/aromatic N) is 1. The summed E-state index contributed by atoms with van der Waals surface area (Å²) in [5, 5.41) is 16.0. The molecule has 1 fully saturated rings. The molecule has 2 amide bonds. The lowest BCUT2D eigenvalue weighted by atomic mass is 9.94. The number of para-hydroxylation sites is 1. The van der Waals surface area contributed by atoms with Crippen molar-refractivity contribution in [2.24, 2.45) is 0 Å². The molecule has 1 aromatic carbocycles. The normalized spacial score (nSPS) is 16.4. The van der Waals surface area contributed by atoms with Gasteiger partial charge in [-0.1, -0.05) is 18.2 Å². The van der Waals surface area contributed by atoms with E-state index in [4.69, 9.17) is 4.74 Å². The van der Waals surface area contributed by atoms with Gasteiger partial charge in [0.1, 0.15) is 0 Å². The number of anilines is 1. The van der Waals surface area contributed by atoms with Gasteiger partial charge in [-0.2, -0.15) is 0 Å². The summed E-state index contributed by atoms with van der Waals surface area (Å²) in [7, 11) is 0. The molecule has 1 aliphatic heterocycles. The topological polar surface area (TPSA) is 83.5 Å². The fraction of sp³-hybridized carbons (Fsp3) is 0.333. The minimum atomic E-state index is -0.889. The molecule has 0 atom stereocenters. The molecule has 2 heterocycles. The SMILES string of the molecule is O=C(NCC1(O)CCOCC1)Nc1ccccc1-c1ccncc1. The number of urea groups is 1. The quantitative estimate of drug-likeness (QED) is 0.805. The van der Waals surface area contributed by atoms with Crippen LogP contribution in [0.1, 0.15) is 12.8 Å². The molecule has 0 aliphatic carbocycles. The van der Waals surface area contributed by atoms with E-state index in [1.165, 1.54) is 0 Å². The van der Waals surface area contributed by atoms with Gasteiger partial charge in [-0.05, 0) is 23.8 Å². The van der Waals surface area contributed by atoms with Gasteiger partial charge in [0, 0.05) is 50.6 Å². The Morgan fingerprint density at radius 3 is 2.62 bits per heavy atom. The summed E-state index contributed by atoms with van der Waals surface area (Å²) in [5.41, 5.74) is 1.71. The van der Waals surface area contributed by atoms with Gasteiger partial charge in [-0.15, -0.1) is 0 Å². The standard InChI is InChI=1S/C18H21N3O3/c22-17(20-13-18(23)7-11-24-12-8-18)21-16-4-2-1-3-15(16)14-5-9-19-10-6-14/h1-6,9-10,23H,7-8,11-13H2,(H2,20,21,22). The highest BCUT2D eigenvalue weighted by Crippen LogP contribution is 2.27. The van der Waals surface area contributed by atoms with E-state index in [2.05, 4.69) is 15.6 Å². The van der Waals surface area contributed by atoms with Crippen molar-refractivity contribution in [2.45, 2.75) is 18.4 Å². The minimum Gasteiger partial charge on any atom is -0.388 e. The number of benzene rings is 1. The molecule has 0 unspecified atom stereocenters. The van der Waals surface area contributed by atoms with Gasteiger partial charge in [0.2, 0.25) is 0 Å². The van der Waals surface area contributed by atoms with Gasteiger partial charge in [0.25, 0.3) is 0 Å². The number of hydrogen-bond donors (Lipinski definition) is 3. The van der Waals surface area contributed by atoms with Crippen molar-refractivity contribution in [3.8, 4) is 11.1 Å². The van der Waals surface area contributed by atoms with E-state index in [1.807, 2.05) is 36.4 Å². The number of aliphatic hydroxyl groups is 1. The average molecular weight is 327 g/mol. The van der Waals surface area contributed by atoms with E-state index < -0.39 is 5.60 Å². The third kappa shape index (κ3) is 4.10. The van der Waals surface area contributed by atoms with Crippen LogP contribution in [-0.2, 0) is 4.74 Å². The molecule has 1 aliphatic rings. The van der Waals surface area contributed by atoms with Gasteiger partial charge in [-0.3, -0.25) is 4.98 Å². The highest BCUT2D eigenvalue weighted by Gasteiger charge is 2.30. The molecule has 0 spiro atoms. The summed E-state index contributed by atoms with van der Waals surface area (Å²) in [5.74, 6) is 0. The van der Waals surface area contributed by atoms with Crippen LogP contribution < -0.4 is 10.6 Å². The Morgan fingerprint density at radius 1 is 1.17 bits per heavy atom. The largest absolute Gasteiger partial charge is 0.388 e. The van der Waals surface area contributed by atoms with Gasteiger partial charge in [-0.25, -0.2) is 4.79 Å². The fourth-order valence-electron chi connectivity index (χ4n) is 2.71. The zero-order chi connectivity index (χ0) is 16.8. The number of nitrogens with one attached hydrogen (secondary N) is 2. The molecule has 3 N–H and O–H groups in total. The molecule has 0 radical (unpaired) electrons. The molecule has 0 bridgehead atoms. The lowest BCUT2D eigenvalue weighted by Crippen LogP contribution is -2.47. The van der Waals surface area contributed by atoms with E-state index in [9.17, 15) is 9.90 Å². The Morgan fingerprint density at radius 2 is 1.88 bits per heavy atom. The predicted octanol–water partition coefficient (Wildman–Crippen LogP) is 2.41. The lowest BCUT2D eigenvalue weighted by Gasteiger charge is -2.32. The summed E-state index contributed by atoms with van der Waals surface area (Å²) in [6, 6.07) is 11.0. The monoisotopic (exact) mass is 327 g/mol. The van der Waals surface area contributed by atoms with E-state index in [0.717, 1.165) is 11.1 Å². The number of hydrogen-bond acceptors (Lipinski definition) is 4. The molecule has 6 nitrogen and oxygen atoms in total. The van der Waals surface area contributed by atoms with Crippen molar-refractivity contribution in [3.05, 3.63) is 48.8 Å². The first kappa shape index (κ1) is 16.4. The van der Waals surface area contributed by atoms with Crippen LogP contribution in [0, 0.1) is 0 Å². The number of pyridine rings is 1. The molecule has 0 saturated carbocycles. The number of rotatable bonds is 4. The maximum atomic E-state index is 12.2. The van der Waals surface area contributed by atoms with Crippen molar-refractivity contribution in [1.29, 1.82) is 0 Å². The maximum absolute atomic E-state index is 12.2. The Labute approximate surface area is 140 Å². The first-order valence-electron chi connectivity index (χ1n) is 8.01. The second-order valence-electron chi connectivity index (χ2n) is 5.93. The Balaban J connectivity index is 1.65. The van der Waals surface area contributed by atoms with E-state index in [-0.39, 0.29) is 12.6 Å². The highest BCUT2D eigenvalue weighted by molar-refractivity contribution is 5.94. The zero-order valence-corrected chi connectivity index (χ0v) is 13.4. The van der Waals surface area contributed by atoms with Crippen LogP contribution in [0.5, 0.6) is 0 Å². The van der Waals surface area contributed by atoms with Gasteiger partial charge in [0.15, 0.2) is 0 Å². The summed E-state index contributed by atoms with van der Waals surface area (Å²) in [6.45, 7) is 1.25. The van der Waals surface area contributed by atoms with Crippen molar-refractivity contribution >= 4 is 11.7 Å². The average Bonchev–Trinajstić information content (AvgIpc) is 2.62. The van der Waals surface area contributed by atoms with E-state index in [0.29, 0.717) is 31.7 Å². The molecule has 1 saturated heterocycles. The predicted molar refractivity (Wildman–Crippen MR) is 91.7 cm³/mol. The summed E-state index contributed by atoms with van der Waals surface area (Å²) in [6.07, 6.45) is 4.49. The van der Waals surface area contributed by atoms with E-state index in [1.54, 1.807) is 12.4 Å². The van der Waals surface area contributed by atoms with Crippen LogP contribution in [0.15, 0.2) is 48.8 Å². The molecule has 1 aromatic heterocycles. The molecule has 2 aromatic rings. The highest BCUT2D eigenvalue weighted by atomic mass is 16.5. The lowest BCUT2D eigenvalue weighted by molar-refractivity contribution is -0.0598. The van der Waals surface area contributed by atoms with Gasteiger partial charge < -0.3 is 20.5 Å². The number of aromatic nitrogens is 1. The van der Waals surface area contributed by atoms with Crippen molar-refractivity contribution in [1.82, 2.24) is 10.3 Å². The first-order valence-corrected chi connectivity index (χ1v) is 8.01. The van der Waals surface area contributed by atoms with Crippen LogP contribution in [0.25, 0.3) is 11.1 Å². The third-order valence-corrected chi connectivity index (χ3v) is 4.17. The summed E-state index contributed by atoms with van der Waals surface area (Å²) >= 11 is 0. The first-order chi connectivity index (χ1) is 11.7. The van der Waals surface area contributed by atoms with E-state index >= 15 is 0 Å². The Bertz CT molecular complexity index is 685. The van der Waals surface area contributed by atoms with Crippen molar-refractivity contribution < 1.29 is 14.6 Å². The van der Waals surface area contributed by atoms with Crippen molar-refractivity contribution in [3.63, 3.8) is 0 Å². The van der Waals surface area contributed by atoms with Crippen molar-refractivity contribution in [2.75, 3.05) is 25.1 Å². The summed E-state index contributed by atoms with van der Waals surface area (Å²) < 4.78 is 5.24. The third-order valence-electron chi connectivity index (χ3n) is 4.17. The molecule has 6 heteroatoms. The number of amides is 2. The smallest absolute Gasteiger partial charge is 0.319 e. The molecule has 24 heavy (non-hydrogen) atoms. The second-order valence-corrected chi connectivity index (χ2v) is 5.93. The zero-order valence-electron chi connectivity index (χ0n) is 13.4. The molecule has 3 rings (SSSR count). The number of carbonyl (C=O) groups excluding carboxylic acids is 1. The fourth-order valence-corrected chi connectivity index (χ4v) is 2.71. The maximum Gasteiger partial charge on any atom is 0.319 e.